The van der Waals surface area contributed by atoms with Crippen LogP contribution in [0.4, 0.5) is 0 Å². The minimum atomic E-state index is 0.0265. The quantitative estimate of drug-likeness (QED) is 0.871. The number of carbonyl (C=O) groups is 2. The summed E-state index contributed by atoms with van der Waals surface area (Å²) >= 11 is 0. The number of hydrogen-bond acceptors (Lipinski definition) is 3. The van der Waals surface area contributed by atoms with E-state index >= 15 is 0 Å². The number of rotatable bonds is 6. The molecule has 0 unspecified atom stereocenters. The topological polar surface area (TPSA) is 58.6 Å². The number of nitrogens with one attached hydrogen (secondary N) is 1. The Morgan fingerprint density at radius 3 is 2.50 bits per heavy atom. The molecule has 1 saturated heterocycles. The monoisotopic (exact) mass is 332 g/mol. The van der Waals surface area contributed by atoms with Crippen molar-refractivity contribution in [3.05, 3.63) is 29.8 Å². The Balaban J connectivity index is 1.88. The SMILES string of the molecule is CCC(CC)C(=O)NC1CCN(C(=O)c2cccc(OC)c2)CC1. The van der Waals surface area contributed by atoms with Crippen LogP contribution in [0.15, 0.2) is 24.3 Å². The highest BCUT2D eigenvalue weighted by Crippen LogP contribution is 2.18. The van der Waals surface area contributed by atoms with E-state index in [9.17, 15) is 9.59 Å². The molecule has 0 radical (unpaired) electrons. The molecule has 2 amide bonds. The van der Waals surface area contributed by atoms with Gasteiger partial charge in [-0.1, -0.05) is 19.9 Å². The third-order valence-electron chi connectivity index (χ3n) is 4.80. The summed E-state index contributed by atoms with van der Waals surface area (Å²) in [6.07, 6.45) is 3.36. The van der Waals surface area contributed by atoms with Gasteiger partial charge in [-0.3, -0.25) is 9.59 Å². The number of nitrogens with zero attached hydrogens (tertiary/aromatic N) is 1. The van der Waals surface area contributed by atoms with E-state index in [0.29, 0.717) is 24.4 Å². The first-order valence-electron chi connectivity index (χ1n) is 8.82. The van der Waals surface area contributed by atoms with Gasteiger partial charge in [0.2, 0.25) is 5.91 Å². The van der Waals surface area contributed by atoms with E-state index in [1.165, 1.54) is 0 Å². The predicted octanol–water partition coefficient (Wildman–Crippen LogP) is 2.85. The Morgan fingerprint density at radius 2 is 1.92 bits per heavy atom. The van der Waals surface area contributed by atoms with Gasteiger partial charge in [0.05, 0.1) is 7.11 Å². The molecule has 24 heavy (non-hydrogen) atoms. The summed E-state index contributed by atoms with van der Waals surface area (Å²) in [6, 6.07) is 7.41. The van der Waals surface area contributed by atoms with Gasteiger partial charge < -0.3 is 15.0 Å². The minimum Gasteiger partial charge on any atom is -0.497 e. The number of ether oxygens (including phenoxy) is 1. The van der Waals surface area contributed by atoms with Gasteiger partial charge in [0.25, 0.3) is 5.91 Å². The zero-order chi connectivity index (χ0) is 17.5. The largest absolute Gasteiger partial charge is 0.497 e. The molecule has 0 atom stereocenters. The fourth-order valence-corrected chi connectivity index (χ4v) is 3.14. The molecule has 1 fully saturated rings. The number of methoxy groups -OCH3 is 1. The van der Waals surface area contributed by atoms with Gasteiger partial charge in [-0.2, -0.15) is 0 Å². The first kappa shape index (κ1) is 18.3. The van der Waals surface area contributed by atoms with Gasteiger partial charge in [0.1, 0.15) is 5.75 Å². The summed E-state index contributed by atoms with van der Waals surface area (Å²) in [7, 11) is 1.59. The Morgan fingerprint density at radius 1 is 1.25 bits per heavy atom. The molecular formula is C19H28N2O3. The zero-order valence-electron chi connectivity index (χ0n) is 14.9. The normalized spacial score (nSPS) is 15.4. The Kier molecular flexibility index (Phi) is 6.64. The first-order valence-corrected chi connectivity index (χ1v) is 8.82. The maximum absolute atomic E-state index is 12.6. The van der Waals surface area contributed by atoms with Crippen molar-refractivity contribution in [1.29, 1.82) is 0 Å². The molecule has 1 aliphatic rings. The molecule has 5 nitrogen and oxygen atoms in total. The van der Waals surface area contributed by atoms with Crippen molar-refractivity contribution >= 4 is 11.8 Å². The van der Waals surface area contributed by atoms with Crippen molar-refractivity contribution in [2.75, 3.05) is 20.2 Å². The van der Waals surface area contributed by atoms with Crippen molar-refractivity contribution < 1.29 is 14.3 Å². The van der Waals surface area contributed by atoms with Crippen molar-refractivity contribution in [2.24, 2.45) is 5.92 Å². The van der Waals surface area contributed by atoms with Crippen LogP contribution < -0.4 is 10.1 Å². The first-order chi connectivity index (χ1) is 11.6. The van der Waals surface area contributed by atoms with Crippen molar-refractivity contribution in [2.45, 2.75) is 45.6 Å². The predicted molar refractivity (Wildman–Crippen MR) is 94.1 cm³/mol. The average Bonchev–Trinajstić information content (AvgIpc) is 2.63. The summed E-state index contributed by atoms with van der Waals surface area (Å²) in [5, 5.41) is 3.14. The lowest BCUT2D eigenvalue weighted by Crippen LogP contribution is -2.47. The number of amides is 2. The van der Waals surface area contributed by atoms with Gasteiger partial charge in [-0.05, 0) is 43.9 Å². The summed E-state index contributed by atoms with van der Waals surface area (Å²) in [5.41, 5.74) is 0.647. The molecule has 0 spiro atoms. The van der Waals surface area contributed by atoms with Crippen LogP contribution in [0.2, 0.25) is 0 Å². The van der Waals surface area contributed by atoms with Crippen molar-refractivity contribution in [3.8, 4) is 5.75 Å². The minimum absolute atomic E-state index is 0.0265. The fourth-order valence-electron chi connectivity index (χ4n) is 3.14. The summed E-state index contributed by atoms with van der Waals surface area (Å²) < 4.78 is 5.18. The lowest BCUT2D eigenvalue weighted by atomic mass is 9.99. The van der Waals surface area contributed by atoms with Crippen LogP contribution in [-0.2, 0) is 4.79 Å². The van der Waals surface area contributed by atoms with Crippen LogP contribution >= 0.6 is 0 Å². The van der Waals surface area contributed by atoms with E-state index in [1.54, 1.807) is 13.2 Å². The smallest absolute Gasteiger partial charge is 0.253 e. The molecule has 0 aliphatic carbocycles. The van der Waals surface area contributed by atoms with Gasteiger partial charge in [0.15, 0.2) is 0 Å². The Labute approximate surface area is 144 Å². The van der Waals surface area contributed by atoms with Crippen LogP contribution in [0.25, 0.3) is 0 Å². The molecule has 1 aliphatic heterocycles. The fraction of sp³-hybridized carbons (Fsp3) is 0.579. The standard InChI is InChI=1S/C19H28N2O3/c1-4-14(5-2)18(22)20-16-9-11-21(12-10-16)19(23)15-7-6-8-17(13-15)24-3/h6-8,13-14,16H,4-5,9-12H2,1-3H3,(H,20,22). The molecule has 0 bridgehead atoms. The number of hydrogen-bond donors (Lipinski definition) is 1. The third-order valence-corrected chi connectivity index (χ3v) is 4.80. The van der Waals surface area contributed by atoms with Crippen LogP contribution in [0.1, 0.15) is 49.9 Å². The molecule has 5 heteroatoms. The molecule has 1 aromatic carbocycles. The van der Waals surface area contributed by atoms with Crippen LogP contribution in [0, 0.1) is 5.92 Å². The molecule has 1 heterocycles. The van der Waals surface area contributed by atoms with E-state index < -0.39 is 0 Å². The van der Waals surface area contributed by atoms with Crippen LogP contribution in [-0.4, -0.2) is 43.0 Å². The van der Waals surface area contributed by atoms with Gasteiger partial charge in [0, 0.05) is 30.6 Å². The second-order valence-corrected chi connectivity index (χ2v) is 6.32. The van der Waals surface area contributed by atoms with Crippen molar-refractivity contribution in [3.63, 3.8) is 0 Å². The maximum atomic E-state index is 12.6. The molecule has 1 aromatic rings. The summed E-state index contributed by atoms with van der Waals surface area (Å²) in [6.45, 7) is 5.43. The molecular weight excluding hydrogens is 304 g/mol. The highest BCUT2D eigenvalue weighted by atomic mass is 16.5. The second kappa shape index (κ2) is 8.71. The second-order valence-electron chi connectivity index (χ2n) is 6.32. The number of carbonyl (C=O) groups excluding carboxylic acids is 2. The Hall–Kier alpha value is -2.04. The summed E-state index contributed by atoms with van der Waals surface area (Å²) in [5.74, 6) is 0.964. The van der Waals surface area contributed by atoms with Gasteiger partial charge in [-0.25, -0.2) is 0 Å². The highest BCUT2D eigenvalue weighted by Gasteiger charge is 2.26. The number of piperidine rings is 1. The lowest BCUT2D eigenvalue weighted by molar-refractivity contribution is -0.126. The molecule has 2 rings (SSSR count). The molecule has 0 saturated carbocycles. The average molecular weight is 332 g/mol. The summed E-state index contributed by atoms with van der Waals surface area (Å²) in [4.78, 5) is 26.6. The third kappa shape index (κ3) is 4.49. The molecule has 0 aromatic heterocycles. The highest BCUT2D eigenvalue weighted by molar-refractivity contribution is 5.94. The molecule has 1 N–H and O–H groups in total. The number of benzene rings is 1. The van der Waals surface area contributed by atoms with E-state index in [4.69, 9.17) is 4.74 Å². The van der Waals surface area contributed by atoms with E-state index in [2.05, 4.69) is 5.32 Å². The Bertz CT molecular complexity index is 561. The van der Waals surface area contributed by atoms with E-state index in [-0.39, 0.29) is 23.8 Å². The maximum Gasteiger partial charge on any atom is 0.253 e. The molecule has 132 valence electrons. The van der Waals surface area contributed by atoms with Crippen LogP contribution in [0.3, 0.4) is 0 Å². The van der Waals surface area contributed by atoms with E-state index in [0.717, 1.165) is 25.7 Å². The lowest BCUT2D eigenvalue weighted by Gasteiger charge is -2.33. The van der Waals surface area contributed by atoms with Gasteiger partial charge in [-0.15, -0.1) is 0 Å². The van der Waals surface area contributed by atoms with Crippen LogP contribution in [0.5, 0.6) is 5.75 Å². The van der Waals surface area contributed by atoms with Crippen molar-refractivity contribution in [1.82, 2.24) is 10.2 Å². The number of likely N-dealkylation sites (tertiary alicyclic amines) is 1. The zero-order valence-corrected chi connectivity index (χ0v) is 14.9. The van der Waals surface area contributed by atoms with Gasteiger partial charge >= 0.3 is 0 Å². The van der Waals surface area contributed by atoms with E-state index in [1.807, 2.05) is 36.9 Å².